The fourth-order valence-corrected chi connectivity index (χ4v) is 5.91. The Hall–Kier alpha value is -3.16. The maximum absolute atomic E-state index is 13.2. The van der Waals surface area contributed by atoms with Gasteiger partial charge in [-0.15, -0.1) is 0 Å². The number of nitrogens with one attached hydrogen (secondary N) is 2. The standard InChI is InChI=1S/C29H35N3O3S/c1-21-8-7-9-27(23(21)3)31-36(34,35)28-18-26(15-10-22(28)2)29(33)30-19-24-11-13-25(14-12-24)20-32-16-5-4-6-17-32/h7-15,18,31H,4-6,16-17,19-20H2,1-3H3,(H,30,33). The number of hydrogen-bond acceptors (Lipinski definition) is 4. The second-order valence-electron chi connectivity index (χ2n) is 9.67. The van der Waals surface area contributed by atoms with Gasteiger partial charge in [-0.25, -0.2) is 8.42 Å². The van der Waals surface area contributed by atoms with Gasteiger partial charge in [0.15, 0.2) is 0 Å². The molecule has 2 N–H and O–H groups in total. The first-order chi connectivity index (χ1) is 17.2. The Morgan fingerprint density at radius 2 is 1.56 bits per heavy atom. The minimum atomic E-state index is -3.86. The minimum Gasteiger partial charge on any atom is -0.348 e. The van der Waals surface area contributed by atoms with Crippen LogP contribution < -0.4 is 10.0 Å². The monoisotopic (exact) mass is 505 g/mol. The third-order valence-corrected chi connectivity index (χ3v) is 8.43. The van der Waals surface area contributed by atoms with E-state index >= 15 is 0 Å². The van der Waals surface area contributed by atoms with E-state index in [1.807, 2.05) is 38.1 Å². The van der Waals surface area contributed by atoms with E-state index in [9.17, 15) is 13.2 Å². The first-order valence-corrected chi connectivity index (χ1v) is 14.0. The van der Waals surface area contributed by atoms with Gasteiger partial charge in [-0.2, -0.15) is 0 Å². The molecule has 0 spiro atoms. The predicted octanol–water partition coefficient (Wildman–Crippen LogP) is 5.33. The van der Waals surface area contributed by atoms with Crippen LogP contribution in [0.2, 0.25) is 0 Å². The van der Waals surface area contributed by atoms with Crippen LogP contribution in [0.15, 0.2) is 65.6 Å². The molecule has 0 saturated carbocycles. The van der Waals surface area contributed by atoms with E-state index in [2.05, 4.69) is 27.1 Å². The predicted molar refractivity (Wildman–Crippen MR) is 145 cm³/mol. The van der Waals surface area contributed by atoms with E-state index in [0.717, 1.165) is 36.3 Å². The molecule has 36 heavy (non-hydrogen) atoms. The lowest BCUT2D eigenvalue weighted by Gasteiger charge is -2.26. The van der Waals surface area contributed by atoms with Crippen molar-refractivity contribution in [3.8, 4) is 0 Å². The van der Waals surface area contributed by atoms with Crippen molar-refractivity contribution in [2.24, 2.45) is 0 Å². The second-order valence-corrected chi connectivity index (χ2v) is 11.3. The fraction of sp³-hybridized carbons (Fsp3) is 0.345. The fourth-order valence-electron chi connectivity index (χ4n) is 4.51. The Labute approximate surface area is 214 Å². The molecular formula is C29H35N3O3S. The zero-order chi connectivity index (χ0) is 25.7. The lowest BCUT2D eigenvalue weighted by Crippen LogP contribution is -2.29. The first-order valence-electron chi connectivity index (χ1n) is 12.5. The highest BCUT2D eigenvalue weighted by molar-refractivity contribution is 7.92. The first kappa shape index (κ1) is 25.9. The van der Waals surface area contributed by atoms with Crippen LogP contribution in [0.5, 0.6) is 0 Å². The summed E-state index contributed by atoms with van der Waals surface area (Å²) in [5.41, 5.74) is 5.57. The summed E-state index contributed by atoms with van der Waals surface area (Å²) in [6.45, 7) is 9.20. The van der Waals surface area contributed by atoms with Crippen molar-refractivity contribution in [1.82, 2.24) is 10.2 Å². The number of sulfonamides is 1. The zero-order valence-electron chi connectivity index (χ0n) is 21.3. The molecule has 0 aliphatic carbocycles. The van der Waals surface area contributed by atoms with Crippen molar-refractivity contribution in [1.29, 1.82) is 0 Å². The van der Waals surface area contributed by atoms with Crippen LogP contribution in [0, 0.1) is 20.8 Å². The summed E-state index contributed by atoms with van der Waals surface area (Å²) in [5.74, 6) is -0.310. The molecule has 1 amide bonds. The molecule has 190 valence electrons. The summed E-state index contributed by atoms with van der Waals surface area (Å²) >= 11 is 0. The number of rotatable bonds is 8. The number of aryl methyl sites for hydroxylation is 2. The number of benzene rings is 3. The number of piperidine rings is 1. The zero-order valence-corrected chi connectivity index (χ0v) is 22.1. The van der Waals surface area contributed by atoms with Gasteiger partial charge in [0, 0.05) is 18.7 Å². The van der Waals surface area contributed by atoms with E-state index in [1.165, 1.54) is 30.9 Å². The van der Waals surface area contributed by atoms with E-state index in [0.29, 0.717) is 23.4 Å². The molecule has 0 radical (unpaired) electrons. The molecule has 7 heteroatoms. The van der Waals surface area contributed by atoms with Crippen LogP contribution in [0.3, 0.4) is 0 Å². The SMILES string of the molecule is Cc1ccc(C(=O)NCc2ccc(CN3CCCCC3)cc2)cc1S(=O)(=O)Nc1cccc(C)c1C. The van der Waals surface area contributed by atoms with Gasteiger partial charge in [0.25, 0.3) is 15.9 Å². The van der Waals surface area contributed by atoms with Gasteiger partial charge in [-0.3, -0.25) is 14.4 Å². The van der Waals surface area contributed by atoms with Gasteiger partial charge >= 0.3 is 0 Å². The van der Waals surface area contributed by atoms with Crippen LogP contribution in [-0.4, -0.2) is 32.3 Å². The van der Waals surface area contributed by atoms with E-state index < -0.39 is 10.0 Å². The maximum atomic E-state index is 13.2. The van der Waals surface area contributed by atoms with Gasteiger partial charge < -0.3 is 5.32 Å². The van der Waals surface area contributed by atoms with Crippen molar-refractivity contribution in [2.45, 2.75) is 58.0 Å². The molecule has 1 aliphatic rings. The van der Waals surface area contributed by atoms with Gasteiger partial charge in [0.1, 0.15) is 0 Å². The number of amides is 1. The topological polar surface area (TPSA) is 78.5 Å². The molecule has 0 atom stereocenters. The quantitative estimate of drug-likeness (QED) is 0.434. The average Bonchev–Trinajstić information content (AvgIpc) is 2.87. The molecule has 0 unspecified atom stereocenters. The molecule has 1 aliphatic heterocycles. The smallest absolute Gasteiger partial charge is 0.262 e. The minimum absolute atomic E-state index is 0.0955. The molecule has 1 saturated heterocycles. The summed E-state index contributed by atoms with van der Waals surface area (Å²) in [7, 11) is -3.86. The second kappa shape index (κ2) is 11.3. The van der Waals surface area contributed by atoms with E-state index in [1.54, 1.807) is 25.1 Å². The van der Waals surface area contributed by atoms with Crippen molar-refractivity contribution in [2.75, 3.05) is 17.8 Å². The summed E-state index contributed by atoms with van der Waals surface area (Å²) in [6, 6.07) is 18.6. The summed E-state index contributed by atoms with van der Waals surface area (Å²) in [5, 5.41) is 2.92. The Kier molecular flexibility index (Phi) is 8.11. The summed E-state index contributed by atoms with van der Waals surface area (Å²) in [4.78, 5) is 15.4. The van der Waals surface area contributed by atoms with Crippen LogP contribution in [0.25, 0.3) is 0 Å². The summed E-state index contributed by atoms with van der Waals surface area (Å²) in [6.07, 6.45) is 3.87. The van der Waals surface area contributed by atoms with Crippen LogP contribution >= 0.6 is 0 Å². The van der Waals surface area contributed by atoms with Crippen molar-refractivity contribution >= 4 is 21.6 Å². The molecule has 4 rings (SSSR count). The number of hydrogen-bond donors (Lipinski definition) is 2. The Bertz CT molecular complexity index is 1330. The number of likely N-dealkylation sites (tertiary alicyclic amines) is 1. The van der Waals surface area contributed by atoms with Gasteiger partial charge in [0.05, 0.1) is 10.6 Å². The molecule has 0 aromatic heterocycles. The Morgan fingerprint density at radius 3 is 2.28 bits per heavy atom. The van der Waals surface area contributed by atoms with E-state index in [-0.39, 0.29) is 10.8 Å². The van der Waals surface area contributed by atoms with E-state index in [4.69, 9.17) is 0 Å². The molecule has 1 fully saturated rings. The van der Waals surface area contributed by atoms with Crippen LogP contribution in [0.1, 0.15) is 57.4 Å². The molecule has 1 heterocycles. The number of carbonyl (C=O) groups excluding carboxylic acids is 1. The number of nitrogens with zero attached hydrogens (tertiary/aromatic N) is 1. The molecular weight excluding hydrogens is 470 g/mol. The third kappa shape index (κ3) is 6.33. The highest BCUT2D eigenvalue weighted by atomic mass is 32.2. The molecule has 3 aromatic rings. The van der Waals surface area contributed by atoms with Crippen molar-refractivity contribution in [3.05, 3.63) is 94.0 Å². The van der Waals surface area contributed by atoms with Gasteiger partial charge in [-0.1, -0.05) is 48.9 Å². The largest absolute Gasteiger partial charge is 0.348 e. The van der Waals surface area contributed by atoms with Crippen LogP contribution in [0.4, 0.5) is 5.69 Å². The Balaban J connectivity index is 1.41. The molecule has 3 aromatic carbocycles. The third-order valence-electron chi connectivity index (χ3n) is 6.92. The van der Waals surface area contributed by atoms with Gasteiger partial charge in [-0.05, 0) is 92.7 Å². The van der Waals surface area contributed by atoms with Crippen molar-refractivity contribution in [3.63, 3.8) is 0 Å². The average molecular weight is 506 g/mol. The lowest BCUT2D eigenvalue weighted by atomic mass is 10.1. The van der Waals surface area contributed by atoms with Crippen LogP contribution in [-0.2, 0) is 23.1 Å². The lowest BCUT2D eigenvalue weighted by molar-refractivity contribution is 0.0950. The number of anilines is 1. The summed E-state index contributed by atoms with van der Waals surface area (Å²) < 4.78 is 29.0. The Morgan fingerprint density at radius 1 is 0.861 bits per heavy atom. The number of carbonyl (C=O) groups is 1. The maximum Gasteiger partial charge on any atom is 0.262 e. The molecule has 0 bridgehead atoms. The highest BCUT2D eigenvalue weighted by Gasteiger charge is 2.20. The van der Waals surface area contributed by atoms with Gasteiger partial charge in [0.2, 0.25) is 0 Å². The highest BCUT2D eigenvalue weighted by Crippen LogP contribution is 2.24. The normalized spacial score (nSPS) is 14.4. The molecule has 6 nitrogen and oxygen atoms in total. The van der Waals surface area contributed by atoms with Crippen molar-refractivity contribution < 1.29 is 13.2 Å².